The van der Waals surface area contributed by atoms with Crippen molar-refractivity contribution >= 4 is 0 Å². The van der Waals surface area contributed by atoms with Gasteiger partial charge < -0.3 is 10.2 Å². The maximum Gasteiger partial charge on any atom is 0.00916 e. The van der Waals surface area contributed by atoms with Gasteiger partial charge >= 0.3 is 0 Å². The molecule has 0 aromatic carbocycles. The van der Waals surface area contributed by atoms with Crippen LogP contribution in [0.15, 0.2) is 0 Å². The SMILES string of the molecule is CCN1CCC(NCC2(C(C)C)CC2)CC1. The van der Waals surface area contributed by atoms with E-state index in [1.807, 2.05) is 0 Å². The van der Waals surface area contributed by atoms with Crippen LogP contribution in [0.4, 0.5) is 0 Å². The summed E-state index contributed by atoms with van der Waals surface area (Å²) in [5.41, 5.74) is 0.669. The van der Waals surface area contributed by atoms with Gasteiger partial charge in [-0.15, -0.1) is 0 Å². The second kappa shape index (κ2) is 5.05. The lowest BCUT2D eigenvalue weighted by Crippen LogP contribution is -2.44. The highest BCUT2D eigenvalue weighted by Gasteiger charge is 2.45. The highest BCUT2D eigenvalue weighted by Crippen LogP contribution is 2.51. The Morgan fingerprint density at radius 1 is 1.25 bits per heavy atom. The van der Waals surface area contributed by atoms with Crippen LogP contribution in [0, 0.1) is 11.3 Å². The Labute approximate surface area is 101 Å². The maximum atomic E-state index is 3.82. The van der Waals surface area contributed by atoms with Crippen molar-refractivity contribution in [2.24, 2.45) is 11.3 Å². The van der Waals surface area contributed by atoms with Crippen LogP contribution >= 0.6 is 0 Å². The molecule has 0 aromatic heterocycles. The molecule has 0 unspecified atom stereocenters. The first-order valence-electron chi connectivity index (χ1n) is 7.12. The molecule has 2 fully saturated rings. The quantitative estimate of drug-likeness (QED) is 0.772. The first kappa shape index (κ1) is 12.4. The molecule has 2 heteroatoms. The van der Waals surface area contributed by atoms with Gasteiger partial charge in [-0.05, 0) is 56.7 Å². The van der Waals surface area contributed by atoms with E-state index in [2.05, 4.69) is 31.0 Å². The number of nitrogens with zero attached hydrogens (tertiary/aromatic N) is 1. The highest BCUT2D eigenvalue weighted by molar-refractivity contribution is 4.98. The van der Waals surface area contributed by atoms with Crippen LogP contribution in [-0.4, -0.2) is 37.1 Å². The molecule has 1 heterocycles. The molecule has 1 saturated carbocycles. The zero-order valence-corrected chi connectivity index (χ0v) is 11.3. The summed E-state index contributed by atoms with van der Waals surface area (Å²) in [6.45, 7) is 12.1. The van der Waals surface area contributed by atoms with Gasteiger partial charge in [0.15, 0.2) is 0 Å². The van der Waals surface area contributed by atoms with E-state index in [9.17, 15) is 0 Å². The van der Waals surface area contributed by atoms with Crippen molar-refractivity contribution in [1.82, 2.24) is 10.2 Å². The summed E-state index contributed by atoms with van der Waals surface area (Å²) >= 11 is 0. The zero-order chi connectivity index (χ0) is 11.6. The van der Waals surface area contributed by atoms with Gasteiger partial charge in [-0.1, -0.05) is 20.8 Å². The molecule has 0 spiro atoms. The van der Waals surface area contributed by atoms with E-state index in [0.29, 0.717) is 5.41 Å². The Balaban J connectivity index is 1.68. The molecule has 2 aliphatic rings. The van der Waals surface area contributed by atoms with Crippen molar-refractivity contribution in [3.8, 4) is 0 Å². The topological polar surface area (TPSA) is 15.3 Å². The van der Waals surface area contributed by atoms with Crippen molar-refractivity contribution in [1.29, 1.82) is 0 Å². The van der Waals surface area contributed by atoms with Gasteiger partial charge in [0.25, 0.3) is 0 Å². The third-order valence-electron chi connectivity index (χ3n) is 4.89. The van der Waals surface area contributed by atoms with Crippen LogP contribution in [-0.2, 0) is 0 Å². The first-order chi connectivity index (χ1) is 7.66. The number of rotatable bonds is 5. The Morgan fingerprint density at radius 3 is 2.31 bits per heavy atom. The van der Waals surface area contributed by atoms with Crippen LogP contribution in [0.3, 0.4) is 0 Å². The Hall–Kier alpha value is -0.0800. The van der Waals surface area contributed by atoms with Crippen LogP contribution in [0.1, 0.15) is 46.5 Å². The van der Waals surface area contributed by atoms with Gasteiger partial charge in [0.05, 0.1) is 0 Å². The normalized spacial score (nSPS) is 26.2. The fourth-order valence-corrected chi connectivity index (χ4v) is 2.92. The lowest BCUT2D eigenvalue weighted by atomic mass is 9.91. The molecule has 0 amide bonds. The Bertz CT molecular complexity index is 213. The van der Waals surface area contributed by atoms with Crippen LogP contribution in [0.2, 0.25) is 0 Å². The molecule has 0 radical (unpaired) electrons. The van der Waals surface area contributed by atoms with Crippen molar-refractivity contribution in [3.63, 3.8) is 0 Å². The second-order valence-corrected chi connectivity index (χ2v) is 6.11. The number of hydrogen-bond donors (Lipinski definition) is 1. The van der Waals surface area contributed by atoms with E-state index in [0.717, 1.165) is 12.0 Å². The van der Waals surface area contributed by atoms with Crippen molar-refractivity contribution in [3.05, 3.63) is 0 Å². The Morgan fingerprint density at radius 2 is 1.88 bits per heavy atom. The third-order valence-corrected chi connectivity index (χ3v) is 4.89. The van der Waals surface area contributed by atoms with Crippen molar-refractivity contribution in [2.75, 3.05) is 26.2 Å². The largest absolute Gasteiger partial charge is 0.313 e. The van der Waals surface area contributed by atoms with Crippen LogP contribution in [0.5, 0.6) is 0 Å². The smallest absolute Gasteiger partial charge is 0.00916 e. The minimum absolute atomic E-state index is 0.669. The Kier molecular flexibility index (Phi) is 3.91. The standard InChI is InChI=1S/C14H28N2/c1-4-16-9-5-13(6-10-16)15-11-14(7-8-14)12(2)3/h12-13,15H,4-11H2,1-3H3. The molecule has 1 aliphatic carbocycles. The second-order valence-electron chi connectivity index (χ2n) is 6.11. The monoisotopic (exact) mass is 224 g/mol. The molecule has 0 bridgehead atoms. The molecule has 16 heavy (non-hydrogen) atoms. The summed E-state index contributed by atoms with van der Waals surface area (Å²) in [6, 6.07) is 0.791. The lowest BCUT2D eigenvalue weighted by Gasteiger charge is -2.33. The fourth-order valence-electron chi connectivity index (χ4n) is 2.92. The highest BCUT2D eigenvalue weighted by atomic mass is 15.1. The van der Waals surface area contributed by atoms with Crippen molar-refractivity contribution < 1.29 is 0 Å². The number of hydrogen-bond acceptors (Lipinski definition) is 2. The summed E-state index contributed by atoms with van der Waals surface area (Å²) in [7, 11) is 0. The molecular formula is C14H28N2. The van der Waals surface area contributed by atoms with Crippen LogP contribution in [0.25, 0.3) is 0 Å². The summed E-state index contributed by atoms with van der Waals surface area (Å²) in [4.78, 5) is 2.56. The minimum Gasteiger partial charge on any atom is -0.313 e. The molecule has 1 saturated heterocycles. The summed E-state index contributed by atoms with van der Waals surface area (Å²) in [5, 5.41) is 3.82. The van der Waals surface area contributed by atoms with E-state index in [1.165, 1.54) is 51.9 Å². The van der Waals surface area contributed by atoms with E-state index in [4.69, 9.17) is 0 Å². The lowest BCUT2D eigenvalue weighted by molar-refractivity contribution is 0.196. The van der Waals surface area contributed by atoms with Crippen LogP contribution < -0.4 is 5.32 Å². The number of piperidine rings is 1. The summed E-state index contributed by atoms with van der Waals surface area (Å²) in [5.74, 6) is 0.857. The number of nitrogens with one attached hydrogen (secondary N) is 1. The van der Waals surface area contributed by atoms with E-state index in [-0.39, 0.29) is 0 Å². The van der Waals surface area contributed by atoms with E-state index in [1.54, 1.807) is 0 Å². The molecule has 0 atom stereocenters. The van der Waals surface area contributed by atoms with E-state index < -0.39 is 0 Å². The third kappa shape index (κ3) is 2.78. The molecule has 2 nitrogen and oxygen atoms in total. The predicted octanol–water partition coefficient (Wildman–Crippen LogP) is 2.50. The summed E-state index contributed by atoms with van der Waals surface area (Å²) in [6.07, 6.45) is 5.60. The average Bonchev–Trinajstić information content (AvgIpc) is 3.08. The zero-order valence-electron chi connectivity index (χ0n) is 11.3. The maximum absolute atomic E-state index is 3.82. The number of likely N-dealkylation sites (tertiary alicyclic amines) is 1. The van der Waals surface area contributed by atoms with Gasteiger partial charge in [-0.2, -0.15) is 0 Å². The van der Waals surface area contributed by atoms with Gasteiger partial charge in [-0.25, -0.2) is 0 Å². The fraction of sp³-hybridized carbons (Fsp3) is 1.00. The molecule has 0 aromatic rings. The molecule has 94 valence electrons. The first-order valence-corrected chi connectivity index (χ1v) is 7.12. The molecular weight excluding hydrogens is 196 g/mol. The van der Waals surface area contributed by atoms with Gasteiger partial charge in [0, 0.05) is 12.6 Å². The minimum atomic E-state index is 0.669. The molecule has 1 aliphatic heterocycles. The molecule has 2 rings (SSSR count). The van der Waals surface area contributed by atoms with Gasteiger partial charge in [0.2, 0.25) is 0 Å². The average molecular weight is 224 g/mol. The van der Waals surface area contributed by atoms with Crippen molar-refractivity contribution in [2.45, 2.75) is 52.5 Å². The van der Waals surface area contributed by atoms with E-state index >= 15 is 0 Å². The summed E-state index contributed by atoms with van der Waals surface area (Å²) < 4.78 is 0. The van der Waals surface area contributed by atoms with Gasteiger partial charge in [0.1, 0.15) is 0 Å². The molecule has 1 N–H and O–H groups in total. The van der Waals surface area contributed by atoms with Gasteiger partial charge in [-0.3, -0.25) is 0 Å². The predicted molar refractivity (Wildman–Crippen MR) is 69.6 cm³/mol.